The third kappa shape index (κ3) is 8.43. The summed E-state index contributed by atoms with van der Waals surface area (Å²) in [6, 6.07) is 0. The van der Waals surface area contributed by atoms with Crippen molar-refractivity contribution in [3.8, 4) is 0 Å². The molecule has 0 heterocycles. The number of aliphatic carboxylic acids is 1. The quantitative estimate of drug-likeness (QED) is 0.0961. The first kappa shape index (κ1) is 48.9. The Kier molecular flexibility index (Phi) is 14.4. The van der Waals surface area contributed by atoms with E-state index in [0.717, 1.165) is 6.92 Å². The highest BCUT2D eigenvalue weighted by atomic mass is 19.4. The minimum Gasteiger partial charge on any atom is -0.478 e. The third-order valence-electron chi connectivity index (χ3n) is 5.62. The van der Waals surface area contributed by atoms with Crippen LogP contribution in [0.5, 0.6) is 0 Å². The second-order valence-electron chi connectivity index (χ2n) is 9.46. The summed E-state index contributed by atoms with van der Waals surface area (Å²) in [5.41, 5.74) is -1.76. The predicted molar refractivity (Wildman–Crippen MR) is 113 cm³/mol. The molecule has 0 radical (unpaired) electrons. The van der Waals surface area contributed by atoms with Crippen LogP contribution >= 0.6 is 0 Å². The van der Waals surface area contributed by atoms with Gasteiger partial charge in [-0.25, -0.2) is 27.2 Å². The molecule has 28 heteroatoms. The molecule has 0 saturated carbocycles. The van der Waals surface area contributed by atoms with Gasteiger partial charge in [0.2, 0.25) is 0 Å². The molecule has 0 aliphatic carbocycles. The number of carbonyl (C=O) groups is 2. The van der Waals surface area contributed by atoms with E-state index >= 15 is 0 Å². The molecule has 0 aromatic heterocycles. The highest BCUT2D eigenvalue weighted by molar-refractivity contribution is 5.87. The number of rotatable bonds is 16. The molecule has 0 spiro atoms. The molecule has 0 saturated heterocycles. The zero-order chi connectivity index (χ0) is 41.3. The topological polar surface area (TPSA) is 63.6 Å². The molecule has 4 nitrogen and oxygen atoms in total. The summed E-state index contributed by atoms with van der Waals surface area (Å²) < 4.78 is 310. The van der Waals surface area contributed by atoms with Crippen molar-refractivity contribution in [1.82, 2.24) is 0 Å². The van der Waals surface area contributed by atoms with Crippen molar-refractivity contribution in [2.75, 3.05) is 6.61 Å². The van der Waals surface area contributed by atoms with E-state index in [1.54, 1.807) is 0 Å². The zero-order valence-corrected chi connectivity index (χ0v) is 23.6. The van der Waals surface area contributed by atoms with E-state index in [9.17, 15) is 115 Å². The van der Waals surface area contributed by atoms with Gasteiger partial charge in [0.15, 0.2) is 6.61 Å². The van der Waals surface area contributed by atoms with Gasteiger partial charge < -0.3 is 9.84 Å². The molecule has 0 rings (SSSR count). The summed E-state index contributed by atoms with van der Waals surface area (Å²) in [4.78, 5) is 21.0. The minimum absolute atomic E-state index is 0.254. The van der Waals surface area contributed by atoms with E-state index in [4.69, 9.17) is 5.11 Å². The first-order valence-electron chi connectivity index (χ1n) is 11.6. The van der Waals surface area contributed by atoms with Crippen LogP contribution in [0, 0.1) is 0 Å². The van der Waals surface area contributed by atoms with Gasteiger partial charge in [-0.1, -0.05) is 12.7 Å². The number of hydrogen-bond acceptors (Lipinski definition) is 3. The summed E-state index contributed by atoms with van der Waals surface area (Å²) in [6.45, 7) is 1.23. The van der Waals surface area contributed by atoms with Crippen LogP contribution in [-0.2, 0) is 14.3 Å². The van der Waals surface area contributed by atoms with Crippen LogP contribution in [0.3, 0.4) is 0 Å². The standard InChI is InChI=1S/2C11H8F12O2/c1-4(2)5(24)25-3-7(14,15)9(18,19)11(22,23)10(20,21)8(16,17)6(12)13;1-4(5(24)25)2-3-7(14,15)9(18,19)11(22,23)10(20,21)8(16,17)6(12)13/h6H,1,3H2,2H3;2,6H,3H2,1H3,(H,24,25). The highest BCUT2D eigenvalue weighted by Crippen LogP contribution is 2.60. The molecule has 0 aromatic carbocycles. The van der Waals surface area contributed by atoms with E-state index in [1.807, 2.05) is 0 Å². The van der Waals surface area contributed by atoms with Gasteiger partial charge in [-0.3, -0.25) is 0 Å². The number of carboxylic acids is 1. The van der Waals surface area contributed by atoms with Gasteiger partial charge in [0.05, 0.1) is 0 Å². The molecule has 0 aliphatic rings. The lowest BCUT2D eigenvalue weighted by Crippen LogP contribution is -2.69. The smallest absolute Gasteiger partial charge is 0.384 e. The number of esters is 1. The first-order chi connectivity index (χ1) is 21.5. The van der Waals surface area contributed by atoms with Crippen LogP contribution < -0.4 is 0 Å². The molecule has 0 atom stereocenters. The molecule has 0 amide bonds. The monoisotopic (exact) mass is 800 g/mol. The van der Waals surface area contributed by atoms with Gasteiger partial charge in [0.1, 0.15) is 0 Å². The fourth-order valence-electron chi connectivity index (χ4n) is 2.41. The fraction of sp³-hybridized carbons (Fsp3) is 0.727. The maximum absolute atomic E-state index is 13.2. The maximum atomic E-state index is 13.2. The van der Waals surface area contributed by atoms with Gasteiger partial charge in [-0.2, -0.15) is 87.8 Å². The second kappa shape index (κ2) is 14.8. The molecule has 0 aromatic rings. The Hall–Kier alpha value is -3.26. The molecule has 0 aliphatic heterocycles. The van der Waals surface area contributed by atoms with Gasteiger partial charge in [-0.15, -0.1) is 0 Å². The lowest BCUT2D eigenvalue weighted by atomic mass is 9.92. The summed E-state index contributed by atoms with van der Waals surface area (Å²) >= 11 is 0. The van der Waals surface area contributed by atoms with Crippen LogP contribution in [0.2, 0.25) is 0 Å². The largest absolute Gasteiger partial charge is 0.478 e. The number of halogens is 24. The molecule has 0 fully saturated rings. The number of carboxylic acid groups (broad SMARTS) is 1. The van der Waals surface area contributed by atoms with Crippen LogP contribution in [0.15, 0.2) is 23.8 Å². The maximum Gasteiger partial charge on any atom is 0.384 e. The minimum atomic E-state index is -7.64. The number of hydrogen-bond donors (Lipinski definition) is 1. The molecule has 296 valence electrons. The predicted octanol–water partition coefficient (Wildman–Crippen LogP) is 9.40. The molecular formula is C22H16F24O4. The van der Waals surface area contributed by atoms with Crippen molar-refractivity contribution in [2.45, 2.75) is 92.3 Å². The first-order valence-corrected chi connectivity index (χ1v) is 11.6. The van der Waals surface area contributed by atoms with Crippen LogP contribution in [0.4, 0.5) is 105 Å². The molecule has 0 bridgehead atoms. The third-order valence-corrected chi connectivity index (χ3v) is 5.62. The van der Waals surface area contributed by atoms with Crippen molar-refractivity contribution in [3.05, 3.63) is 23.8 Å². The van der Waals surface area contributed by atoms with Gasteiger partial charge in [0.25, 0.3) is 0 Å². The molecule has 0 unspecified atom stereocenters. The Balaban J connectivity index is 0. The SMILES string of the molecule is C=C(C)C(=O)OCC(F)(F)C(F)(F)C(F)(F)C(F)(F)C(F)(F)C(F)F.CC(=CCC(F)(F)C(F)(F)C(F)(F)C(F)(F)C(F)(F)C(F)F)C(=O)O. The summed E-state index contributed by atoms with van der Waals surface area (Å²) in [5.74, 6) is -75.3. The Labute approximate surface area is 260 Å². The second-order valence-corrected chi connectivity index (χ2v) is 9.46. The van der Waals surface area contributed by atoms with Crippen molar-refractivity contribution in [2.24, 2.45) is 0 Å². The molecule has 1 N–H and O–H groups in total. The zero-order valence-electron chi connectivity index (χ0n) is 23.6. The Morgan fingerprint density at radius 2 is 0.880 bits per heavy atom. The van der Waals surface area contributed by atoms with Crippen molar-refractivity contribution in [3.63, 3.8) is 0 Å². The normalized spacial score (nSPS) is 15.2. The lowest BCUT2D eigenvalue weighted by molar-refractivity contribution is -0.414. The van der Waals surface area contributed by atoms with E-state index in [0.29, 0.717) is 6.92 Å². The molecular weight excluding hydrogens is 784 g/mol. The average Bonchev–Trinajstić information content (AvgIpc) is 2.93. The van der Waals surface area contributed by atoms with E-state index in [1.165, 1.54) is 0 Å². The number of allylic oxidation sites excluding steroid dienone is 1. The Bertz CT molecular complexity index is 1250. The summed E-state index contributed by atoms with van der Waals surface area (Å²) in [5, 5.41) is 8.29. The van der Waals surface area contributed by atoms with Crippen LogP contribution in [0.25, 0.3) is 0 Å². The molecule has 50 heavy (non-hydrogen) atoms. The van der Waals surface area contributed by atoms with E-state index < -0.39 is 108 Å². The van der Waals surface area contributed by atoms with Crippen molar-refractivity contribution >= 4 is 11.9 Å². The summed E-state index contributed by atoms with van der Waals surface area (Å²) in [6.07, 6.45) is -14.0. The Morgan fingerprint density at radius 3 is 1.14 bits per heavy atom. The fourth-order valence-corrected chi connectivity index (χ4v) is 2.41. The Morgan fingerprint density at radius 1 is 0.580 bits per heavy atom. The number of carbonyl (C=O) groups excluding carboxylic acids is 1. The summed E-state index contributed by atoms with van der Waals surface area (Å²) in [7, 11) is 0. The van der Waals surface area contributed by atoms with Crippen molar-refractivity contribution in [1.29, 1.82) is 0 Å². The lowest BCUT2D eigenvalue weighted by Gasteiger charge is -2.39. The highest BCUT2D eigenvalue weighted by Gasteiger charge is 2.89. The van der Waals surface area contributed by atoms with Gasteiger partial charge in [-0.05, 0) is 13.8 Å². The van der Waals surface area contributed by atoms with Crippen LogP contribution in [-0.4, -0.2) is 95.7 Å². The van der Waals surface area contributed by atoms with E-state index in [-0.39, 0.29) is 6.08 Å². The van der Waals surface area contributed by atoms with E-state index in [2.05, 4.69) is 11.3 Å². The average molecular weight is 800 g/mol. The van der Waals surface area contributed by atoms with Gasteiger partial charge in [0, 0.05) is 17.6 Å². The number of alkyl halides is 24. The number of ether oxygens (including phenoxy) is 1. The van der Waals surface area contributed by atoms with Crippen molar-refractivity contribution < 1.29 is 125 Å². The van der Waals surface area contributed by atoms with Crippen LogP contribution in [0.1, 0.15) is 20.3 Å². The van der Waals surface area contributed by atoms with Gasteiger partial charge >= 0.3 is 84.0 Å².